The van der Waals surface area contributed by atoms with Gasteiger partial charge in [0, 0.05) is 23.7 Å². The molecule has 0 bridgehead atoms. The van der Waals surface area contributed by atoms with Crippen LogP contribution in [0.5, 0.6) is 0 Å². The summed E-state index contributed by atoms with van der Waals surface area (Å²) in [6.07, 6.45) is 0.808. The first-order chi connectivity index (χ1) is 13.0. The number of hydrogen-bond donors (Lipinski definition) is 1. The van der Waals surface area contributed by atoms with E-state index in [1.165, 1.54) is 16.8 Å². The third-order valence-corrected chi connectivity index (χ3v) is 4.31. The van der Waals surface area contributed by atoms with Gasteiger partial charge in [0.15, 0.2) is 0 Å². The van der Waals surface area contributed by atoms with Gasteiger partial charge in [-0.1, -0.05) is 37.3 Å². The van der Waals surface area contributed by atoms with Crippen molar-refractivity contribution >= 4 is 11.6 Å². The van der Waals surface area contributed by atoms with Crippen molar-refractivity contribution in [1.29, 1.82) is 0 Å². The van der Waals surface area contributed by atoms with Crippen LogP contribution in [-0.4, -0.2) is 26.7 Å². The number of amides is 1. The van der Waals surface area contributed by atoms with Crippen molar-refractivity contribution < 1.29 is 9.72 Å². The highest BCUT2D eigenvalue weighted by molar-refractivity contribution is 5.94. The maximum atomic E-state index is 12.7. The molecule has 7 nitrogen and oxygen atoms in total. The van der Waals surface area contributed by atoms with Crippen molar-refractivity contribution in [3.8, 4) is 16.9 Å². The molecule has 0 aliphatic heterocycles. The number of nitrogens with zero attached hydrogens (tertiary/aromatic N) is 3. The number of aromatic nitrogens is 2. The van der Waals surface area contributed by atoms with Crippen LogP contribution < -0.4 is 5.32 Å². The second kappa shape index (κ2) is 7.82. The molecule has 138 valence electrons. The monoisotopic (exact) mass is 364 g/mol. The number of nitro groups is 1. The van der Waals surface area contributed by atoms with Crippen molar-refractivity contribution in [2.24, 2.45) is 0 Å². The molecule has 1 N–H and O–H groups in total. The quantitative estimate of drug-likeness (QED) is 0.529. The van der Waals surface area contributed by atoms with Crippen LogP contribution in [0.1, 0.15) is 30.8 Å². The molecule has 0 spiro atoms. The predicted molar refractivity (Wildman–Crippen MR) is 103 cm³/mol. The number of benzene rings is 2. The molecule has 1 heterocycles. The maximum absolute atomic E-state index is 12.7. The van der Waals surface area contributed by atoms with Gasteiger partial charge in [-0.25, -0.2) is 4.68 Å². The molecule has 7 heteroatoms. The van der Waals surface area contributed by atoms with E-state index in [2.05, 4.69) is 10.4 Å². The summed E-state index contributed by atoms with van der Waals surface area (Å²) >= 11 is 0. The van der Waals surface area contributed by atoms with Crippen LogP contribution >= 0.6 is 0 Å². The van der Waals surface area contributed by atoms with E-state index in [1.807, 2.05) is 44.2 Å². The lowest BCUT2D eigenvalue weighted by molar-refractivity contribution is -0.384. The van der Waals surface area contributed by atoms with E-state index in [9.17, 15) is 14.9 Å². The lowest BCUT2D eigenvalue weighted by atomic mass is 10.1. The summed E-state index contributed by atoms with van der Waals surface area (Å²) in [5.74, 6) is -0.239. The summed E-state index contributed by atoms with van der Waals surface area (Å²) in [5, 5.41) is 18.4. The van der Waals surface area contributed by atoms with E-state index >= 15 is 0 Å². The van der Waals surface area contributed by atoms with E-state index in [-0.39, 0.29) is 17.6 Å². The van der Waals surface area contributed by atoms with Crippen molar-refractivity contribution in [3.05, 3.63) is 76.5 Å². The minimum absolute atomic E-state index is 0.0141. The average Bonchev–Trinajstić information content (AvgIpc) is 3.14. The highest BCUT2D eigenvalue weighted by Crippen LogP contribution is 2.23. The van der Waals surface area contributed by atoms with Gasteiger partial charge in [0.25, 0.3) is 11.6 Å². The Balaban J connectivity index is 2.05. The summed E-state index contributed by atoms with van der Waals surface area (Å²) < 4.78 is 1.52. The van der Waals surface area contributed by atoms with Gasteiger partial charge in [-0.05, 0) is 31.5 Å². The van der Waals surface area contributed by atoms with Gasteiger partial charge in [0.2, 0.25) is 0 Å². The Kier molecular flexibility index (Phi) is 5.30. The normalized spacial score (nSPS) is 11.8. The summed E-state index contributed by atoms with van der Waals surface area (Å²) in [5.41, 5.74) is 2.49. The fourth-order valence-electron chi connectivity index (χ4n) is 2.60. The number of nitrogens with one attached hydrogen (secondary N) is 1. The fourth-order valence-corrected chi connectivity index (χ4v) is 2.60. The van der Waals surface area contributed by atoms with Gasteiger partial charge in [-0.3, -0.25) is 14.9 Å². The van der Waals surface area contributed by atoms with Crippen LogP contribution in [0, 0.1) is 10.1 Å². The highest BCUT2D eigenvalue weighted by Gasteiger charge is 2.19. The molecule has 0 radical (unpaired) electrons. The van der Waals surface area contributed by atoms with Crippen LogP contribution in [-0.2, 0) is 0 Å². The van der Waals surface area contributed by atoms with Crippen LogP contribution in [0.15, 0.2) is 60.7 Å². The second-order valence-electron chi connectivity index (χ2n) is 6.25. The molecule has 0 saturated carbocycles. The van der Waals surface area contributed by atoms with Gasteiger partial charge in [0.1, 0.15) is 5.69 Å². The van der Waals surface area contributed by atoms with Crippen LogP contribution in [0.25, 0.3) is 16.9 Å². The average molecular weight is 364 g/mol. The molecule has 0 fully saturated rings. The zero-order valence-electron chi connectivity index (χ0n) is 15.1. The van der Waals surface area contributed by atoms with E-state index in [0.29, 0.717) is 17.1 Å². The Morgan fingerprint density at radius 2 is 1.85 bits per heavy atom. The molecule has 3 aromatic rings. The first-order valence-corrected chi connectivity index (χ1v) is 8.70. The first kappa shape index (κ1) is 18.3. The molecule has 3 rings (SSSR count). The fraction of sp³-hybridized carbons (Fsp3) is 0.200. The Bertz CT molecular complexity index is 949. The lowest BCUT2D eigenvalue weighted by Crippen LogP contribution is -2.33. The molecule has 0 aliphatic rings. The number of non-ortho nitro benzene ring substituents is 1. The molecule has 1 atom stereocenters. The smallest absolute Gasteiger partial charge is 0.270 e. The summed E-state index contributed by atoms with van der Waals surface area (Å²) in [6.45, 7) is 3.93. The zero-order chi connectivity index (χ0) is 19.4. The standard InChI is InChI=1S/C20H20N4O3/c1-3-14(2)21-20(25)19-13-18(15-7-5-4-6-8-15)22-23(19)16-9-11-17(12-10-16)24(26)27/h4-14H,3H2,1-2H3,(H,21,25). The summed E-state index contributed by atoms with van der Waals surface area (Å²) in [7, 11) is 0. The van der Waals surface area contributed by atoms with Crippen molar-refractivity contribution in [2.75, 3.05) is 0 Å². The number of carbonyl (C=O) groups is 1. The number of hydrogen-bond acceptors (Lipinski definition) is 4. The number of carbonyl (C=O) groups excluding carboxylic acids is 1. The summed E-state index contributed by atoms with van der Waals surface area (Å²) in [4.78, 5) is 23.2. The van der Waals surface area contributed by atoms with Gasteiger partial charge in [-0.15, -0.1) is 0 Å². The highest BCUT2D eigenvalue weighted by atomic mass is 16.6. The second-order valence-corrected chi connectivity index (χ2v) is 6.25. The lowest BCUT2D eigenvalue weighted by Gasteiger charge is -2.12. The molecule has 2 aromatic carbocycles. The Morgan fingerprint density at radius 1 is 1.19 bits per heavy atom. The largest absolute Gasteiger partial charge is 0.348 e. The van der Waals surface area contributed by atoms with E-state index < -0.39 is 4.92 Å². The maximum Gasteiger partial charge on any atom is 0.270 e. The Hall–Kier alpha value is -3.48. The van der Waals surface area contributed by atoms with Crippen LogP contribution in [0.4, 0.5) is 5.69 Å². The SMILES string of the molecule is CCC(C)NC(=O)c1cc(-c2ccccc2)nn1-c1ccc([N+](=O)[O-])cc1. The van der Waals surface area contributed by atoms with Gasteiger partial charge in [0.05, 0.1) is 16.3 Å². The van der Waals surface area contributed by atoms with Crippen LogP contribution in [0.2, 0.25) is 0 Å². The Morgan fingerprint density at radius 3 is 2.44 bits per heavy atom. The van der Waals surface area contributed by atoms with E-state index in [0.717, 1.165) is 12.0 Å². The molecule has 0 aliphatic carbocycles. The van der Waals surface area contributed by atoms with E-state index in [4.69, 9.17) is 0 Å². The Labute approximate surface area is 156 Å². The van der Waals surface area contributed by atoms with Crippen molar-refractivity contribution in [3.63, 3.8) is 0 Å². The van der Waals surface area contributed by atoms with Crippen molar-refractivity contribution in [2.45, 2.75) is 26.3 Å². The molecule has 0 saturated heterocycles. The zero-order valence-corrected chi connectivity index (χ0v) is 15.1. The number of nitro benzene ring substituents is 1. The van der Waals surface area contributed by atoms with Gasteiger partial charge in [-0.2, -0.15) is 5.10 Å². The molecular formula is C20H20N4O3. The van der Waals surface area contributed by atoms with Gasteiger partial charge < -0.3 is 5.32 Å². The minimum atomic E-state index is -0.460. The molecule has 1 unspecified atom stereocenters. The topological polar surface area (TPSA) is 90.1 Å². The summed E-state index contributed by atoms with van der Waals surface area (Å²) in [6, 6.07) is 17.3. The first-order valence-electron chi connectivity index (χ1n) is 8.70. The molecule has 27 heavy (non-hydrogen) atoms. The molecular weight excluding hydrogens is 344 g/mol. The number of rotatable bonds is 6. The predicted octanol–water partition coefficient (Wildman–Crippen LogP) is 3.98. The van der Waals surface area contributed by atoms with Crippen molar-refractivity contribution in [1.82, 2.24) is 15.1 Å². The third kappa shape index (κ3) is 4.03. The van der Waals surface area contributed by atoms with E-state index in [1.54, 1.807) is 18.2 Å². The molecule has 1 aromatic heterocycles. The molecule has 1 amide bonds. The van der Waals surface area contributed by atoms with Crippen LogP contribution in [0.3, 0.4) is 0 Å². The van der Waals surface area contributed by atoms with Gasteiger partial charge >= 0.3 is 0 Å². The third-order valence-electron chi connectivity index (χ3n) is 4.31. The minimum Gasteiger partial charge on any atom is -0.348 e.